The van der Waals surface area contributed by atoms with Crippen LogP contribution >= 0.6 is 0 Å². The Hall–Kier alpha value is -1.28. The quantitative estimate of drug-likeness (QED) is 0.756. The number of β-amino-alcohol motifs (C(OH)–C–C–N with tert-alkyl or cyclic N) is 1. The van der Waals surface area contributed by atoms with E-state index in [1.54, 1.807) is 13.1 Å². The Morgan fingerprint density at radius 1 is 1.27 bits per heavy atom. The minimum Gasteiger partial charge on any atom is -0.390 e. The highest BCUT2D eigenvalue weighted by Gasteiger charge is 2.22. The molecule has 1 aromatic heterocycles. The van der Waals surface area contributed by atoms with Crippen molar-refractivity contribution in [1.82, 2.24) is 19.6 Å². The van der Waals surface area contributed by atoms with Crippen LogP contribution < -0.4 is 5.56 Å². The van der Waals surface area contributed by atoms with E-state index in [0.29, 0.717) is 19.6 Å². The maximum atomic E-state index is 11.7. The van der Waals surface area contributed by atoms with Gasteiger partial charge in [-0.2, -0.15) is 5.10 Å². The molecule has 0 bridgehead atoms. The maximum absolute atomic E-state index is 11.7. The van der Waals surface area contributed by atoms with Gasteiger partial charge in [-0.3, -0.25) is 14.6 Å². The lowest BCUT2D eigenvalue weighted by molar-refractivity contribution is 0.00578. The first-order chi connectivity index (χ1) is 10.6. The smallest absolute Gasteiger partial charge is 0.266 e. The van der Waals surface area contributed by atoms with Crippen LogP contribution in [0.15, 0.2) is 10.9 Å². The molecule has 1 aromatic rings. The highest BCUT2D eigenvalue weighted by molar-refractivity contribution is 5.20. The number of rotatable bonds is 4. The van der Waals surface area contributed by atoms with Crippen molar-refractivity contribution >= 4 is 0 Å². The molecular formula is C15H24N4O3. The van der Waals surface area contributed by atoms with Crippen LogP contribution in [-0.4, -0.2) is 76.7 Å². The number of aliphatic hydroxyl groups is 1. The number of aliphatic hydroxyl groups excluding tert-OH is 1. The lowest BCUT2D eigenvalue weighted by atomic mass is 10.1. The molecule has 1 N–H and O–H groups in total. The Labute approximate surface area is 130 Å². The fourth-order valence-corrected chi connectivity index (χ4v) is 3.15. The molecular weight excluding hydrogens is 284 g/mol. The summed E-state index contributed by atoms with van der Waals surface area (Å²) in [6.07, 6.45) is 0.451. The molecule has 0 spiro atoms. The number of hydrogen-bond acceptors (Lipinski definition) is 6. The third kappa shape index (κ3) is 3.73. The molecule has 1 atom stereocenters. The van der Waals surface area contributed by atoms with E-state index in [0.717, 1.165) is 50.5 Å². The van der Waals surface area contributed by atoms with Crippen LogP contribution in [0.2, 0.25) is 0 Å². The van der Waals surface area contributed by atoms with Crippen LogP contribution in [0.4, 0.5) is 0 Å². The standard InChI is InChI=1S/C15H24N4O3/c1-17-15(21)8-12-9-19(3-2-14(12)16-17)11-13(20)10-18-4-6-22-7-5-18/h8,13,20H,2-7,9-11H2,1H3/t13-/m1/s1. The minimum atomic E-state index is -0.376. The zero-order valence-electron chi connectivity index (χ0n) is 13.1. The Kier molecular flexibility index (Phi) is 4.87. The number of hydrogen-bond donors (Lipinski definition) is 1. The average molecular weight is 308 g/mol. The van der Waals surface area contributed by atoms with Gasteiger partial charge in [0.2, 0.25) is 0 Å². The monoisotopic (exact) mass is 308 g/mol. The lowest BCUT2D eigenvalue weighted by Gasteiger charge is -2.33. The van der Waals surface area contributed by atoms with Crippen molar-refractivity contribution in [2.24, 2.45) is 7.05 Å². The number of aromatic nitrogens is 2. The molecule has 1 fully saturated rings. The molecule has 7 nitrogen and oxygen atoms in total. The van der Waals surface area contributed by atoms with Crippen molar-refractivity contribution in [3.8, 4) is 0 Å². The topological polar surface area (TPSA) is 70.8 Å². The highest BCUT2D eigenvalue weighted by atomic mass is 16.5. The molecule has 2 aliphatic rings. The van der Waals surface area contributed by atoms with Gasteiger partial charge >= 0.3 is 0 Å². The number of ether oxygens (including phenoxy) is 1. The highest BCUT2D eigenvalue weighted by Crippen LogP contribution is 2.15. The first kappa shape index (κ1) is 15.6. The van der Waals surface area contributed by atoms with Crippen LogP contribution in [0.25, 0.3) is 0 Å². The molecule has 7 heteroatoms. The minimum absolute atomic E-state index is 0.0746. The molecule has 3 heterocycles. The molecule has 0 radical (unpaired) electrons. The first-order valence-electron chi connectivity index (χ1n) is 7.88. The molecule has 0 saturated carbocycles. The zero-order chi connectivity index (χ0) is 15.5. The molecule has 22 heavy (non-hydrogen) atoms. The fraction of sp³-hybridized carbons (Fsp3) is 0.733. The van der Waals surface area contributed by atoms with E-state index in [1.807, 2.05) is 0 Å². The van der Waals surface area contributed by atoms with Gasteiger partial charge in [0.1, 0.15) is 0 Å². The second-order valence-corrected chi connectivity index (χ2v) is 6.13. The second kappa shape index (κ2) is 6.87. The SMILES string of the molecule is Cn1nc2c(cc1=O)CN(C[C@H](O)CN1CCOCC1)CC2. The van der Waals surface area contributed by atoms with E-state index in [-0.39, 0.29) is 11.7 Å². The van der Waals surface area contributed by atoms with E-state index in [4.69, 9.17) is 4.74 Å². The molecule has 0 aromatic carbocycles. The molecule has 3 rings (SSSR count). The third-order valence-electron chi connectivity index (χ3n) is 4.36. The van der Waals surface area contributed by atoms with Gasteiger partial charge < -0.3 is 9.84 Å². The summed E-state index contributed by atoms with van der Waals surface area (Å²) >= 11 is 0. The average Bonchev–Trinajstić information content (AvgIpc) is 2.49. The summed E-state index contributed by atoms with van der Waals surface area (Å²) in [6.45, 7) is 6.15. The summed E-state index contributed by atoms with van der Waals surface area (Å²) in [5.74, 6) is 0. The molecule has 0 unspecified atom stereocenters. The number of nitrogens with zero attached hydrogens (tertiary/aromatic N) is 4. The van der Waals surface area contributed by atoms with E-state index >= 15 is 0 Å². The summed E-state index contributed by atoms with van der Waals surface area (Å²) in [7, 11) is 1.68. The van der Waals surface area contributed by atoms with Crippen LogP contribution in [0.1, 0.15) is 11.3 Å². The van der Waals surface area contributed by atoms with Crippen molar-refractivity contribution in [2.45, 2.75) is 19.1 Å². The lowest BCUT2D eigenvalue weighted by Crippen LogP contribution is -2.45. The van der Waals surface area contributed by atoms with Gasteiger partial charge in [-0.1, -0.05) is 0 Å². The summed E-state index contributed by atoms with van der Waals surface area (Å²) in [5, 5.41) is 14.6. The zero-order valence-corrected chi connectivity index (χ0v) is 13.1. The van der Waals surface area contributed by atoms with E-state index in [1.165, 1.54) is 4.68 Å². The molecule has 122 valence electrons. The molecule has 1 saturated heterocycles. The van der Waals surface area contributed by atoms with Crippen molar-refractivity contribution < 1.29 is 9.84 Å². The van der Waals surface area contributed by atoms with Gasteiger partial charge in [0, 0.05) is 58.8 Å². The van der Waals surface area contributed by atoms with Gasteiger partial charge in [0.05, 0.1) is 25.0 Å². The van der Waals surface area contributed by atoms with E-state index < -0.39 is 0 Å². The van der Waals surface area contributed by atoms with Crippen LogP contribution in [-0.2, 0) is 24.8 Å². The predicted octanol–water partition coefficient (Wildman–Crippen LogP) is -1.17. The third-order valence-corrected chi connectivity index (χ3v) is 4.36. The summed E-state index contributed by atoms with van der Waals surface area (Å²) in [4.78, 5) is 16.1. The number of morpholine rings is 1. The van der Waals surface area contributed by atoms with Crippen LogP contribution in [0.5, 0.6) is 0 Å². The predicted molar refractivity (Wildman–Crippen MR) is 81.7 cm³/mol. The number of aryl methyl sites for hydroxylation is 1. The van der Waals surface area contributed by atoms with Crippen molar-refractivity contribution in [2.75, 3.05) is 45.9 Å². The summed E-state index contributed by atoms with van der Waals surface area (Å²) in [6, 6.07) is 1.67. The normalized spacial score (nSPS) is 21.5. The van der Waals surface area contributed by atoms with E-state index in [2.05, 4.69) is 14.9 Å². The van der Waals surface area contributed by atoms with Crippen molar-refractivity contribution in [3.63, 3.8) is 0 Å². The van der Waals surface area contributed by atoms with Crippen LogP contribution in [0, 0.1) is 0 Å². The van der Waals surface area contributed by atoms with Crippen LogP contribution in [0.3, 0.4) is 0 Å². The number of fused-ring (bicyclic) bond motifs is 1. The largest absolute Gasteiger partial charge is 0.390 e. The van der Waals surface area contributed by atoms with Crippen molar-refractivity contribution in [1.29, 1.82) is 0 Å². The van der Waals surface area contributed by atoms with Gasteiger partial charge in [-0.05, 0) is 5.56 Å². The summed E-state index contributed by atoms with van der Waals surface area (Å²) < 4.78 is 6.71. The molecule has 2 aliphatic heterocycles. The Bertz CT molecular complexity index is 568. The maximum Gasteiger partial charge on any atom is 0.266 e. The second-order valence-electron chi connectivity index (χ2n) is 6.13. The van der Waals surface area contributed by atoms with Gasteiger partial charge in [-0.15, -0.1) is 0 Å². The van der Waals surface area contributed by atoms with Gasteiger partial charge in [-0.25, -0.2) is 4.68 Å². The van der Waals surface area contributed by atoms with E-state index in [9.17, 15) is 9.90 Å². The molecule has 0 aliphatic carbocycles. The first-order valence-corrected chi connectivity index (χ1v) is 7.88. The van der Waals surface area contributed by atoms with Crippen molar-refractivity contribution in [3.05, 3.63) is 27.7 Å². The summed E-state index contributed by atoms with van der Waals surface area (Å²) in [5.41, 5.74) is 1.92. The Balaban J connectivity index is 1.55. The molecule has 0 amide bonds. The Morgan fingerprint density at radius 3 is 2.77 bits per heavy atom. The van der Waals surface area contributed by atoms with Gasteiger partial charge in [0.15, 0.2) is 0 Å². The fourth-order valence-electron chi connectivity index (χ4n) is 3.15. The van der Waals surface area contributed by atoms with Gasteiger partial charge in [0.25, 0.3) is 5.56 Å². The Morgan fingerprint density at radius 2 is 2.00 bits per heavy atom.